The summed E-state index contributed by atoms with van der Waals surface area (Å²) in [6, 6.07) is 3.23. The Kier molecular flexibility index (Phi) is 5.43. The zero-order chi connectivity index (χ0) is 12.3. The zero-order valence-corrected chi connectivity index (χ0v) is 13.3. The van der Waals surface area contributed by atoms with Crippen LogP contribution < -0.4 is 11.1 Å². The second kappa shape index (κ2) is 6.14. The molecule has 0 aliphatic carbocycles. The molecule has 0 spiro atoms. The van der Waals surface area contributed by atoms with Crippen LogP contribution in [0.5, 0.6) is 0 Å². The second-order valence-corrected chi connectivity index (χ2v) is 5.87. The Balaban J connectivity index is 2.93. The van der Waals surface area contributed by atoms with Crippen LogP contribution in [-0.2, 0) is 4.79 Å². The minimum atomic E-state index is -0.484. The summed E-state index contributed by atoms with van der Waals surface area (Å²) in [6.45, 7) is 1.87. The highest BCUT2D eigenvalue weighted by Gasteiger charge is 2.14. The molecule has 16 heavy (non-hydrogen) atoms. The second-order valence-electron chi connectivity index (χ2n) is 3.25. The third-order valence-electron chi connectivity index (χ3n) is 2.03. The maximum absolute atomic E-state index is 11.6. The number of halogens is 3. The minimum absolute atomic E-state index is 0.189. The highest BCUT2D eigenvalue weighted by molar-refractivity contribution is 9.11. The Labute approximate surface area is 120 Å². The molecule has 1 amide bonds. The predicted molar refractivity (Wildman–Crippen MR) is 76.4 cm³/mol. The Morgan fingerprint density at radius 3 is 2.31 bits per heavy atom. The van der Waals surface area contributed by atoms with Crippen molar-refractivity contribution in [3.8, 4) is 0 Å². The molecule has 0 heterocycles. The molecular weight excluding hydrogens is 404 g/mol. The van der Waals surface area contributed by atoms with Gasteiger partial charge in [0.1, 0.15) is 0 Å². The lowest BCUT2D eigenvalue weighted by molar-refractivity contribution is -0.117. The third-order valence-corrected chi connectivity index (χ3v) is 3.74. The Morgan fingerprint density at radius 2 is 1.88 bits per heavy atom. The van der Waals surface area contributed by atoms with Crippen LogP contribution >= 0.6 is 47.8 Å². The van der Waals surface area contributed by atoms with Crippen LogP contribution in [0.3, 0.4) is 0 Å². The van der Waals surface area contributed by atoms with Gasteiger partial charge in [-0.05, 0) is 50.4 Å². The fourth-order valence-corrected chi connectivity index (χ4v) is 3.52. The normalized spacial score (nSPS) is 12.3. The first kappa shape index (κ1) is 14.2. The number of carbonyl (C=O) groups is 1. The van der Waals surface area contributed by atoms with Gasteiger partial charge in [0.25, 0.3) is 0 Å². The molecule has 3 N–H and O–H groups in total. The molecule has 0 bridgehead atoms. The zero-order valence-electron chi connectivity index (χ0n) is 8.56. The van der Waals surface area contributed by atoms with Gasteiger partial charge in [-0.2, -0.15) is 0 Å². The lowest BCUT2D eigenvalue weighted by atomic mass is 10.2. The fraction of sp³-hybridized carbons (Fsp3) is 0.300. The first-order valence-corrected chi connectivity index (χ1v) is 7.04. The van der Waals surface area contributed by atoms with Crippen LogP contribution in [0.2, 0.25) is 0 Å². The molecule has 6 heteroatoms. The number of carbonyl (C=O) groups excluding carboxylic acids is 1. The first-order valence-electron chi connectivity index (χ1n) is 4.66. The molecule has 1 atom stereocenters. The molecule has 1 rings (SSSR count). The standard InChI is InChI=1S/C10H11Br3N2O/c1-2-8(14)10(16)15-9-6(12)3-5(11)4-7(9)13/h3-4,8H,2,14H2,1H3,(H,15,16)/t8-/m0/s1. The van der Waals surface area contributed by atoms with Crippen molar-refractivity contribution in [2.45, 2.75) is 19.4 Å². The van der Waals surface area contributed by atoms with E-state index >= 15 is 0 Å². The van der Waals surface area contributed by atoms with E-state index in [1.54, 1.807) is 0 Å². The third kappa shape index (κ3) is 3.55. The van der Waals surface area contributed by atoms with E-state index in [9.17, 15) is 4.79 Å². The van der Waals surface area contributed by atoms with Gasteiger partial charge in [-0.15, -0.1) is 0 Å². The van der Waals surface area contributed by atoms with E-state index in [4.69, 9.17) is 5.73 Å². The summed E-state index contributed by atoms with van der Waals surface area (Å²) in [5.74, 6) is -0.189. The Bertz CT molecular complexity index is 386. The number of hydrogen-bond donors (Lipinski definition) is 2. The van der Waals surface area contributed by atoms with Gasteiger partial charge < -0.3 is 11.1 Å². The van der Waals surface area contributed by atoms with Crippen molar-refractivity contribution in [3.05, 3.63) is 25.6 Å². The molecule has 1 aromatic rings. The summed E-state index contributed by atoms with van der Waals surface area (Å²) in [6.07, 6.45) is 0.609. The van der Waals surface area contributed by atoms with Crippen molar-refractivity contribution < 1.29 is 4.79 Å². The molecule has 0 unspecified atom stereocenters. The van der Waals surface area contributed by atoms with Crippen LogP contribution in [-0.4, -0.2) is 11.9 Å². The molecule has 0 radical (unpaired) electrons. The number of benzene rings is 1. The van der Waals surface area contributed by atoms with Crippen molar-refractivity contribution in [2.24, 2.45) is 5.73 Å². The number of nitrogens with one attached hydrogen (secondary N) is 1. The molecule has 0 fully saturated rings. The van der Waals surface area contributed by atoms with Gasteiger partial charge in [0.2, 0.25) is 5.91 Å². The Morgan fingerprint density at radius 1 is 1.38 bits per heavy atom. The number of nitrogens with two attached hydrogens (primary N) is 1. The van der Waals surface area contributed by atoms with Gasteiger partial charge in [0.05, 0.1) is 11.7 Å². The van der Waals surface area contributed by atoms with E-state index < -0.39 is 6.04 Å². The molecule has 0 aliphatic rings. The smallest absolute Gasteiger partial charge is 0.241 e. The van der Waals surface area contributed by atoms with Crippen molar-refractivity contribution in [3.63, 3.8) is 0 Å². The van der Waals surface area contributed by atoms with Crippen molar-refractivity contribution >= 4 is 59.4 Å². The highest BCUT2D eigenvalue weighted by Crippen LogP contribution is 2.34. The van der Waals surface area contributed by atoms with E-state index in [0.717, 1.165) is 13.4 Å². The average Bonchev–Trinajstić information content (AvgIpc) is 2.21. The van der Waals surface area contributed by atoms with Gasteiger partial charge in [-0.1, -0.05) is 22.9 Å². The van der Waals surface area contributed by atoms with Crippen molar-refractivity contribution in [1.82, 2.24) is 0 Å². The quantitative estimate of drug-likeness (QED) is 0.793. The van der Waals surface area contributed by atoms with Gasteiger partial charge >= 0.3 is 0 Å². The van der Waals surface area contributed by atoms with Gasteiger partial charge in [0, 0.05) is 13.4 Å². The SMILES string of the molecule is CC[C@H](N)C(=O)Nc1c(Br)cc(Br)cc1Br. The molecule has 3 nitrogen and oxygen atoms in total. The van der Waals surface area contributed by atoms with Gasteiger partial charge in [-0.3, -0.25) is 4.79 Å². The molecule has 0 saturated heterocycles. The topological polar surface area (TPSA) is 55.1 Å². The van der Waals surface area contributed by atoms with E-state index in [0.29, 0.717) is 12.1 Å². The van der Waals surface area contributed by atoms with E-state index in [-0.39, 0.29) is 5.91 Å². The highest BCUT2D eigenvalue weighted by atomic mass is 79.9. The predicted octanol–water partition coefficient (Wildman–Crippen LogP) is 3.65. The first-order chi connectivity index (χ1) is 7.45. The number of rotatable bonds is 3. The lowest BCUT2D eigenvalue weighted by Gasteiger charge is -2.13. The average molecular weight is 415 g/mol. The van der Waals surface area contributed by atoms with Crippen molar-refractivity contribution in [1.29, 1.82) is 0 Å². The van der Waals surface area contributed by atoms with Crippen LogP contribution in [0.15, 0.2) is 25.6 Å². The Hall–Kier alpha value is 0.0900. The number of hydrogen-bond acceptors (Lipinski definition) is 2. The number of anilines is 1. The minimum Gasteiger partial charge on any atom is -0.323 e. The van der Waals surface area contributed by atoms with Crippen molar-refractivity contribution in [2.75, 3.05) is 5.32 Å². The molecule has 0 aromatic heterocycles. The van der Waals surface area contributed by atoms with Gasteiger partial charge in [-0.25, -0.2) is 0 Å². The fourth-order valence-electron chi connectivity index (χ4n) is 1.06. The summed E-state index contributed by atoms with van der Waals surface area (Å²) in [5, 5.41) is 2.78. The van der Waals surface area contributed by atoms with Crippen LogP contribution in [0.1, 0.15) is 13.3 Å². The van der Waals surface area contributed by atoms with Gasteiger partial charge in [0.15, 0.2) is 0 Å². The largest absolute Gasteiger partial charge is 0.323 e. The summed E-state index contributed by atoms with van der Waals surface area (Å²) in [7, 11) is 0. The molecule has 88 valence electrons. The maximum atomic E-state index is 11.6. The van der Waals surface area contributed by atoms with Crippen LogP contribution in [0.25, 0.3) is 0 Å². The van der Waals surface area contributed by atoms with E-state index in [2.05, 4.69) is 53.1 Å². The van der Waals surface area contributed by atoms with Crippen LogP contribution in [0, 0.1) is 0 Å². The summed E-state index contributed by atoms with van der Waals surface area (Å²) >= 11 is 10.1. The molecular formula is C10H11Br3N2O. The molecule has 0 saturated carbocycles. The van der Waals surface area contributed by atoms with E-state index in [1.807, 2.05) is 19.1 Å². The molecule has 0 aliphatic heterocycles. The lowest BCUT2D eigenvalue weighted by Crippen LogP contribution is -2.35. The summed E-state index contributed by atoms with van der Waals surface area (Å²) < 4.78 is 2.51. The van der Waals surface area contributed by atoms with Crippen LogP contribution in [0.4, 0.5) is 5.69 Å². The van der Waals surface area contributed by atoms with E-state index in [1.165, 1.54) is 0 Å². The monoisotopic (exact) mass is 412 g/mol. The summed E-state index contributed by atoms with van der Waals surface area (Å²) in [4.78, 5) is 11.6. The number of amides is 1. The molecule has 1 aromatic carbocycles. The maximum Gasteiger partial charge on any atom is 0.241 e. The summed E-state index contributed by atoms with van der Waals surface area (Å²) in [5.41, 5.74) is 6.33.